The van der Waals surface area contributed by atoms with E-state index in [0.717, 1.165) is 17.7 Å². The molecule has 1 atom stereocenters. The van der Waals surface area contributed by atoms with Crippen molar-refractivity contribution < 1.29 is 9.84 Å². The maximum absolute atomic E-state index is 10.7. The molecular weight excluding hydrogens is 316 g/mol. The predicted molar refractivity (Wildman–Crippen MR) is 99.6 cm³/mol. The number of methoxy groups -OCH3 is 1. The summed E-state index contributed by atoms with van der Waals surface area (Å²) in [6.45, 7) is 5.27. The van der Waals surface area contributed by atoms with Crippen LogP contribution in [0.25, 0.3) is 0 Å². The van der Waals surface area contributed by atoms with Crippen LogP contribution in [0.3, 0.4) is 0 Å². The first kappa shape index (κ1) is 18.7. The number of hydrogen-bond acceptors (Lipinski definition) is 4. The summed E-state index contributed by atoms with van der Waals surface area (Å²) < 4.78 is 5.25. The summed E-state index contributed by atoms with van der Waals surface area (Å²) in [5, 5.41) is 17.1. The lowest BCUT2D eigenvalue weighted by Crippen LogP contribution is -2.44. The SMILES string of the molecule is CCNC(=NCc1cccnc1OC)NCC(C)(O)c1ccccc1. The Bertz CT molecular complexity index is 687. The Kier molecular flexibility index (Phi) is 6.77. The van der Waals surface area contributed by atoms with Gasteiger partial charge in [-0.25, -0.2) is 9.98 Å². The second kappa shape index (κ2) is 9.03. The minimum atomic E-state index is -0.997. The molecule has 1 aromatic carbocycles. The molecule has 0 fully saturated rings. The molecule has 0 amide bonds. The van der Waals surface area contributed by atoms with Gasteiger partial charge in [-0.2, -0.15) is 0 Å². The van der Waals surface area contributed by atoms with Gasteiger partial charge in [0.15, 0.2) is 5.96 Å². The Hall–Kier alpha value is -2.60. The first-order valence-electron chi connectivity index (χ1n) is 8.34. The molecule has 0 aliphatic rings. The van der Waals surface area contributed by atoms with Gasteiger partial charge < -0.3 is 20.5 Å². The van der Waals surface area contributed by atoms with Crippen LogP contribution < -0.4 is 15.4 Å². The van der Waals surface area contributed by atoms with Crippen LogP contribution in [0.4, 0.5) is 0 Å². The van der Waals surface area contributed by atoms with Crippen molar-refractivity contribution in [1.82, 2.24) is 15.6 Å². The smallest absolute Gasteiger partial charge is 0.218 e. The Morgan fingerprint density at radius 3 is 2.64 bits per heavy atom. The maximum Gasteiger partial charge on any atom is 0.218 e. The molecule has 0 bridgehead atoms. The van der Waals surface area contributed by atoms with Crippen LogP contribution in [0.2, 0.25) is 0 Å². The van der Waals surface area contributed by atoms with Crippen LogP contribution >= 0.6 is 0 Å². The van der Waals surface area contributed by atoms with Crippen molar-refractivity contribution >= 4 is 5.96 Å². The fourth-order valence-corrected chi connectivity index (χ4v) is 2.39. The van der Waals surface area contributed by atoms with E-state index in [1.807, 2.05) is 49.4 Å². The Balaban J connectivity index is 2.05. The van der Waals surface area contributed by atoms with Crippen LogP contribution in [-0.4, -0.2) is 36.2 Å². The molecule has 2 rings (SSSR count). The highest BCUT2D eigenvalue weighted by Gasteiger charge is 2.22. The number of rotatable bonds is 7. The van der Waals surface area contributed by atoms with Gasteiger partial charge in [0.2, 0.25) is 5.88 Å². The molecule has 1 aromatic heterocycles. The standard InChI is InChI=1S/C19H26N4O2/c1-4-20-18(22-13-15-9-8-12-21-17(15)25-3)23-14-19(2,24)16-10-6-5-7-11-16/h5-12,24H,4,13-14H2,1-3H3,(H2,20,22,23). The molecular formula is C19H26N4O2. The minimum Gasteiger partial charge on any atom is -0.481 e. The highest BCUT2D eigenvalue weighted by atomic mass is 16.5. The van der Waals surface area contributed by atoms with E-state index in [0.29, 0.717) is 24.9 Å². The largest absolute Gasteiger partial charge is 0.481 e. The summed E-state index contributed by atoms with van der Waals surface area (Å²) in [5.74, 6) is 1.20. The van der Waals surface area contributed by atoms with Crippen molar-refractivity contribution in [2.45, 2.75) is 26.0 Å². The molecule has 1 unspecified atom stereocenters. The van der Waals surface area contributed by atoms with Crippen LogP contribution in [0, 0.1) is 0 Å². The summed E-state index contributed by atoms with van der Waals surface area (Å²) in [5.41, 5.74) is 0.757. The van der Waals surface area contributed by atoms with Crippen molar-refractivity contribution in [2.75, 3.05) is 20.2 Å². The van der Waals surface area contributed by atoms with Gasteiger partial charge in [0, 0.05) is 18.3 Å². The average Bonchev–Trinajstić information content (AvgIpc) is 2.65. The van der Waals surface area contributed by atoms with Gasteiger partial charge in [0.05, 0.1) is 20.2 Å². The Labute approximate surface area is 149 Å². The lowest BCUT2D eigenvalue weighted by Gasteiger charge is -2.25. The van der Waals surface area contributed by atoms with Crippen molar-refractivity contribution in [1.29, 1.82) is 0 Å². The number of aliphatic imine (C=N–C) groups is 1. The zero-order valence-corrected chi connectivity index (χ0v) is 15.0. The number of benzene rings is 1. The van der Waals surface area contributed by atoms with E-state index >= 15 is 0 Å². The number of pyridine rings is 1. The number of aromatic nitrogens is 1. The molecule has 0 radical (unpaired) electrons. The van der Waals surface area contributed by atoms with E-state index in [1.54, 1.807) is 20.2 Å². The molecule has 134 valence electrons. The highest BCUT2D eigenvalue weighted by Crippen LogP contribution is 2.19. The summed E-state index contributed by atoms with van der Waals surface area (Å²) >= 11 is 0. The maximum atomic E-state index is 10.7. The third-order valence-electron chi connectivity index (χ3n) is 3.79. The van der Waals surface area contributed by atoms with Crippen molar-refractivity contribution in [3.8, 4) is 5.88 Å². The van der Waals surface area contributed by atoms with Crippen LogP contribution in [-0.2, 0) is 12.1 Å². The van der Waals surface area contributed by atoms with Gasteiger partial charge in [-0.15, -0.1) is 0 Å². The van der Waals surface area contributed by atoms with E-state index in [-0.39, 0.29) is 0 Å². The molecule has 0 spiro atoms. The number of nitrogens with one attached hydrogen (secondary N) is 2. The van der Waals surface area contributed by atoms with Crippen molar-refractivity contribution in [3.63, 3.8) is 0 Å². The van der Waals surface area contributed by atoms with E-state index < -0.39 is 5.60 Å². The minimum absolute atomic E-state index is 0.340. The summed E-state index contributed by atoms with van der Waals surface area (Å²) in [6, 6.07) is 13.4. The fourth-order valence-electron chi connectivity index (χ4n) is 2.39. The van der Waals surface area contributed by atoms with Crippen LogP contribution in [0.5, 0.6) is 5.88 Å². The van der Waals surface area contributed by atoms with E-state index in [9.17, 15) is 5.11 Å². The zero-order valence-electron chi connectivity index (χ0n) is 15.0. The van der Waals surface area contributed by atoms with E-state index in [4.69, 9.17) is 4.74 Å². The zero-order chi connectivity index (χ0) is 18.1. The van der Waals surface area contributed by atoms with E-state index in [1.165, 1.54) is 0 Å². The van der Waals surface area contributed by atoms with Gasteiger partial charge in [-0.3, -0.25) is 0 Å². The normalized spacial score (nSPS) is 13.8. The molecule has 0 saturated carbocycles. The molecule has 3 N–H and O–H groups in total. The number of hydrogen-bond donors (Lipinski definition) is 3. The average molecular weight is 342 g/mol. The number of nitrogens with zero attached hydrogens (tertiary/aromatic N) is 2. The topological polar surface area (TPSA) is 78.8 Å². The van der Waals surface area contributed by atoms with Gasteiger partial charge in [-0.05, 0) is 25.5 Å². The third kappa shape index (κ3) is 5.46. The van der Waals surface area contributed by atoms with Gasteiger partial charge in [0.25, 0.3) is 0 Å². The molecule has 1 heterocycles. The second-order valence-electron chi connectivity index (χ2n) is 5.86. The Morgan fingerprint density at radius 2 is 1.96 bits per heavy atom. The molecule has 0 aliphatic carbocycles. The summed E-state index contributed by atoms with van der Waals surface area (Å²) in [7, 11) is 1.59. The third-order valence-corrected chi connectivity index (χ3v) is 3.79. The van der Waals surface area contributed by atoms with Crippen LogP contribution in [0.15, 0.2) is 53.7 Å². The number of aliphatic hydroxyl groups is 1. The summed E-state index contributed by atoms with van der Waals surface area (Å²) in [6.07, 6.45) is 1.69. The van der Waals surface area contributed by atoms with Crippen LogP contribution in [0.1, 0.15) is 25.0 Å². The lowest BCUT2D eigenvalue weighted by molar-refractivity contribution is 0.0617. The molecule has 2 aromatic rings. The second-order valence-corrected chi connectivity index (χ2v) is 5.86. The van der Waals surface area contributed by atoms with Crippen molar-refractivity contribution in [3.05, 3.63) is 59.8 Å². The quantitative estimate of drug-likeness (QED) is 0.530. The van der Waals surface area contributed by atoms with Gasteiger partial charge in [-0.1, -0.05) is 36.4 Å². The Morgan fingerprint density at radius 1 is 1.20 bits per heavy atom. The highest BCUT2D eigenvalue weighted by molar-refractivity contribution is 5.79. The van der Waals surface area contributed by atoms with Gasteiger partial charge in [0.1, 0.15) is 5.60 Å². The first-order valence-corrected chi connectivity index (χ1v) is 8.34. The monoisotopic (exact) mass is 342 g/mol. The number of guanidine groups is 1. The molecule has 25 heavy (non-hydrogen) atoms. The molecule has 0 aliphatic heterocycles. The number of ether oxygens (including phenoxy) is 1. The summed E-state index contributed by atoms with van der Waals surface area (Å²) in [4.78, 5) is 8.73. The van der Waals surface area contributed by atoms with Crippen molar-refractivity contribution in [2.24, 2.45) is 4.99 Å². The molecule has 6 nitrogen and oxygen atoms in total. The van der Waals surface area contributed by atoms with E-state index in [2.05, 4.69) is 20.6 Å². The predicted octanol–water partition coefficient (Wildman–Crippen LogP) is 2.05. The molecule has 0 saturated heterocycles. The first-order chi connectivity index (χ1) is 12.1. The van der Waals surface area contributed by atoms with Gasteiger partial charge >= 0.3 is 0 Å². The molecule has 6 heteroatoms. The fraction of sp³-hybridized carbons (Fsp3) is 0.368. The lowest BCUT2D eigenvalue weighted by atomic mass is 9.96.